The van der Waals surface area contributed by atoms with Gasteiger partial charge in [0.2, 0.25) is 0 Å². The molecule has 0 saturated carbocycles. The molecule has 0 spiro atoms. The third-order valence-corrected chi connectivity index (χ3v) is 3.77. The number of H-pyrrole nitrogens is 1. The Bertz CT molecular complexity index is 928. The van der Waals surface area contributed by atoms with Gasteiger partial charge in [-0.3, -0.25) is 0 Å². The minimum absolute atomic E-state index is 0.296. The molecule has 1 aromatic heterocycles. The molecule has 0 fully saturated rings. The lowest BCUT2D eigenvalue weighted by atomic mass is 9.99. The quantitative estimate of drug-likeness (QED) is 0.747. The summed E-state index contributed by atoms with van der Waals surface area (Å²) in [7, 11) is 0. The molecule has 0 bridgehead atoms. The third kappa shape index (κ3) is 2.13. The largest absolute Gasteiger partial charge is 0.398 e. The number of nitriles is 1. The van der Waals surface area contributed by atoms with Crippen molar-refractivity contribution in [2.75, 3.05) is 0 Å². The molecule has 3 N–H and O–H groups in total. The zero-order valence-corrected chi connectivity index (χ0v) is 12.1. The smallest absolute Gasteiger partial charge is 0.123 e. The Morgan fingerprint density at radius 3 is 2.55 bits per heavy atom. The van der Waals surface area contributed by atoms with E-state index in [2.05, 4.69) is 17.6 Å². The van der Waals surface area contributed by atoms with Crippen LogP contribution in [0.5, 0.6) is 0 Å². The molecule has 3 rings (SSSR count). The van der Waals surface area contributed by atoms with Crippen molar-refractivity contribution >= 4 is 16.6 Å². The van der Waals surface area contributed by atoms with E-state index in [4.69, 9.17) is 5.73 Å². The number of benzene rings is 2. The standard InChI is InChI=1S/C18H14FN3/c1-10-15-7-12(9-20)8-16(13-3-5-14(19)6-4-13)18(15)22-17(10)11(2)21/h3-8,22H,2,21H2,1H3. The van der Waals surface area contributed by atoms with Crippen LogP contribution in [0, 0.1) is 24.1 Å². The first-order valence-electron chi connectivity index (χ1n) is 6.78. The monoisotopic (exact) mass is 291 g/mol. The highest BCUT2D eigenvalue weighted by molar-refractivity contribution is 5.99. The fourth-order valence-corrected chi connectivity index (χ4v) is 2.67. The molecule has 0 aliphatic heterocycles. The Morgan fingerprint density at radius 1 is 1.27 bits per heavy atom. The highest BCUT2D eigenvalue weighted by Crippen LogP contribution is 2.34. The summed E-state index contributed by atoms with van der Waals surface area (Å²) in [4.78, 5) is 3.27. The van der Waals surface area contributed by atoms with Crippen LogP contribution in [0.1, 0.15) is 16.8 Å². The van der Waals surface area contributed by atoms with Gasteiger partial charge < -0.3 is 10.7 Å². The van der Waals surface area contributed by atoms with Crippen molar-refractivity contribution in [3.63, 3.8) is 0 Å². The Morgan fingerprint density at radius 2 is 1.95 bits per heavy atom. The van der Waals surface area contributed by atoms with Crippen LogP contribution in [0.4, 0.5) is 4.39 Å². The number of fused-ring (bicyclic) bond motifs is 1. The Balaban J connectivity index is 2.38. The van der Waals surface area contributed by atoms with Crippen LogP contribution in [0.25, 0.3) is 27.7 Å². The maximum atomic E-state index is 13.1. The van der Waals surface area contributed by atoms with Crippen molar-refractivity contribution in [1.29, 1.82) is 5.26 Å². The molecular formula is C18H14FN3. The SMILES string of the molecule is C=C(N)c1[nH]c2c(-c3ccc(F)cc3)cc(C#N)cc2c1C. The number of nitrogens with one attached hydrogen (secondary N) is 1. The van der Waals surface area contributed by atoms with Crippen molar-refractivity contribution in [2.24, 2.45) is 5.73 Å². The average molecular weight is 291 g/mol. The first-order chi connectivity index (χ1) is 10.5. The minimum Gasteiger partial charge on any atom is -0.398 e. The summed E-state index contributed by atoms with van der Waals surface area (Å²) in [5.41, 5.74) is 11.0. The van der Waals surface area contributed by atoms with Crippen molar-refractivity contribution in [3.05, 3.63) is 65.6 Å². The molecule has 108 valence electrons. The lowest BCUT2D eigenvalue weighted by Gasteiger charge is -2.05. The summed E-state index contributed by atoms with van der Waals surface area (Å²) in [6.07, 6.45) is 0. The van der Waals surface area contributed by atoms with E-state index in [1.807, 2.05) is 13.0 Å². The van der Waals surface area contributed by atoms with Gasteiger partial charge in [-0.05, 0) is 42.3 Å². The molecule has 0 atom stereocenters. The average Bonchev–Trinajstić information content (AvgIpc) is 2.85. The van der Waals surface area contributed by atoms with Gasteiger partial charge in [-0.25, -0.2) is 4.39 Å². The van der Waals surface area contributed by atoms with Crippen LogP contribution in [-0.4, -0.2) is 4.98 Å². The fraction of sp³-hybridized carbons (Fsp3) is 0.0556. The molecule has 1 heterocycles. The molecule has 0 unspecified atom stereocenters. The first-order valence-corrected chi connectivity index (χ1v) is 6.78. The van der Waals surface area contributed by atoms with Gasteiger partial charge >= 0.3 is 0 Å². The van der Waals surface area contributed by atoms with E-state index in [-0.39, 0.29) is 5.82 Å². The van der Waals surface area contributed by atoms with Gasteiger partial charge in [0.25, 0.3) is 0 Å². The maximum absolute atomic E-state index is 13.1. The molecular weight excluding hydrogens is 277 g/mol. The summed E-state index contributed by atoms with van der Waals surface area (Å²) < 4.78 is 13.1. The summed E-state index contributed by atoms with van der Waals surface area (Å²) in [6, 6.07) is 12.0. The van der Waals surface area contributed by atoms with E-state index in [9.17, 15) is 9.65 Å². The molecule has 0 saturated heterocycles. The summed E-state index contributed by atoms with van der Waals surface area (Å²) in [5, 5.41) is 10.2. The zero-order chi connectivity index (χ0) is 15.9. The number of hydrogen-bond donors (Lipinski definition) is 2. The zero-order valence-electron chi connectivity index (χ0n) is 12.1. The number of nitrogens with two attached hydrogens (primary N) is 1. The van der Waals surface area contributed by atoms with Crippen molar-refractivity contribution in [2.45, 2.75) is 6.92 Å². The van der Waals surface area contributed by atoms with Crippen LogP contribution in [0.2, 0.25) is 0 Å². The van der Waals surface area contributed by atoms with Gasteiger partial charge in [-0.1, -0.05) is 18.7 Å². The second kappa shape index (κ2) is 5.05. The highest BCUT2D eigenvalue weighted by atomic mass is 19.1. The number of hydrogen-bond acceptors (Lipinski definition) is 2. The predicted molar refractivity (Wildman–Crippen MR) is 86.4 cm³/mol. The number of aromatic amines is 1. The summed E-state index contributed by atoms with van der Waals surface area (Å²) >= 11 is 0. The van der Waals surface area contributed by atoms with Crippen LogP contribution in [0.3, 0.4) is 0 Å². The number of rotatable bonds is 2. The van der Waals surface area contributed by atoms with E-state index >= 15 is 0 Å². The number of nitrogens with zero attached hydrogens (tertiary/aromatic N) is 1. The van der Waals surface area contributed by atoms with E-state index in [1.54, 1.807) is 18.2 Å². The third-order valence-electron chi connectivity index (χ3n) is 3.77. The first kappa shape index (κ1) is 13.9. The van der Waals surface area contributed by atoms with Gasteiger partial charge in [0.1, 0.15) is 5.82 Å². The van der Waals surface area contributed by atoms with Gasteiger partial charge in [0.05, 0.1) is 22.8 Å². The van der Waals surface area contributed by atoms with Gasteiger partial charge in [0, 0.05) is 16.6 Å². The van der Waals surface area contributed by atoms with E-state index in [0.29, 0.717) is 11.3 Å². The molecule has 0 amide bonds. The molecule has 22 heavy (non-hydrogen) atoms. The Hall–Kier alpha value is -3.06. The Kier molecular flexibility index (Phi) is 3.19. The van der Waals surface area contributed by atoms with Gasteiger partial charge in [0.15, 0.2) is 0 Å². The normalized spacial score (nSPS) is 10.6. The van der Waals surface area contributed by atoms with Gasteiger partial charge in [-0.15, -0.1) is 0 Å². The fourth-order valence-electron chi connectivity index (χ4n) is 2.67. The number of halogens is 1. The minimum atomic E-state index is -0.296. The molecule has 2 aromatic carbocycles. The lowest BCUT2D eigenvalue weighted by molar-refractivity contribution is 0.628. The molecule has 0 aliphatic rings. The predicted octanol–water partition coefficient (Wildman–Crippen LogP) is 4.08. The number of aromatic nitrogens is 1. The van der Waals surface area contributed by atoms with Crippen LogP contribution in [0.15, 0.2) is 43.0 Å². The van der Waals surface area contributed by atoms with Crippen LogP contribution in [-0.2, 0) is 0 Å². The van der Waals surface area contributed by atoms with Gasteiger partial charge in [-0.2, -0.15) is 5.26 Å². The molecule has 3 nitrogen and oxygen atoms in total. The lowest BCUT2D eigenvalue weighted by Crippen LogP contribution is -1.95. The Labute approximate surface area is 127 Å². The van der Waals surface area contributed by atoms with Crippen molar-refractivity contribution in [1.82, 2.24) is 4.98 Å². The van der Waals surface area contributed by atoms with Crippen LogP contribution >= 0.6 is 0 Å². The van der Waals surface area contributed by atoms with Crippen LogP contribution < -0.4 is 5.73 Å². The second-order valence-electron chi connectivity index (χ2n) is 5.22. The van der Waals surface area contributed by atoms with E-state index in [0.717, 1.165) is 33.3 Å². The summed E-state index contributed by atoms with van der Waals surface area (Å²) in [6.45, 7) is 5.70. The van der Waals surface area contributed by atoms with E-state index < -0.39 is 0 Å². The van der Waals surface area contributed by atoms with Crippen molar-refractivity contribution in [3.8, 4) is 17.2 Å². The maximum Gasteiger partial charge on any atom is 0.123 e. The second-order valence-corrected chi connectivity index (χ2v) is 5.22. The molecule has 0 radical (unpaired) electrons. The van der Waals surface area contributed by atoms with E-state index in [1.165, 1.54) is 12.1 Å². The molecule has 3 aromatic rings. The summed E-state index contributed by atoms with van der Waals surface area (Å²) in [5.74, 6) is -0.296. The number of aryl methyl sites for hydroxylation is 1. The topological polar surface area (TPSA) is 65.6 Å². The highest BCUT2D eigenvalue weighted by Gasteiger charge is 2.14. The van der Waals surface area contributed by atoms with Crippen molar-refractivity contribution < 1.29 is 4.39 Å². The molecule has 0 aliphatic carbocycles. The molecule has 4 heteroatoms.